The fraction of sp³-hybridized carbons (Fsp3) is 0.125. The number of benzene rings is 2. The normalized spacial score (nSPS) is 10.6. The lowest BCUT2D eigenvalue weighted by atomic mass is 10.2. The molecular formula is C16H14ClNO5. The number of methoxy groups -OCH3 is 2. The van der Waals surface area contributed by atoms with E-state index in [9.17, 15) is 4.79 Å². The van der Waals surface area contributed by atoms with E-state index in [1.165, 1.54) is 32.6 Å². The summed E-state index contributed by atoms with van der Waals surface area (Å²) in [5, 5.41) is 11.6. The molecule has 0 radical (unpaired) electrons. The Morgan fingerprint density at radius 3 is 2.43 bits per heavy atom. The lowest BCUT2D eigenvalue weighted by Gasteiger charge is -2.12. The monoisotopic (exact) mass is 335 g/mol. The average molecular weight is 336 g/mol. The van der Waals surface area contributed by atoms with Gasteiger partial charge < -0.3 is 19.4 Å². The van der Waals surface area contributed by atoms with Crippen molar-refractivity contribution in [3.05, 3.63) is 52.5 Å². The number of ether oxygens (including phenoxy) is 3. The Morgan fingerprint density at radius 1 is 1.17 bits per heavy atom. The van der Waals surface area contributed by atoms with E-state index >= 15 is 0 Å². The van der Waals surface area contributed by atoms with Crippen LogP contribution in [0.1, 0.15) is 15.9 Å². The van der Waals surface area contributed by atoms with E-state index in [1.807, 2.05) is 0 Å². The van der Waals surface area contributed by atoms with Crippen LogP contribution in [-0.2, 0) is 0 Å². The zero-order valence-electron chi connectivity index (χ0n) is 12.4. The molecule has 0 amide bonds. The van der Waals surface area contributed by atoms with Gasteiger partial charge in [-0.05, 0) is 36.4 Å². The number of nitrogens with zero attached hydrogens (tertiary/aromatic N) is 1. The maximum Gasteiger partial charge on any atom is 0.343 e. The molecule has 6 nitrogen and oxygen atoms in total. The van der Waals surface area contributed by atoms with Crippen molar-refractivity contribution in [1.82, 2.24) is 0 Å². The Hall–Kier alpha value is -2.73. The van der Waals surface area contributed by atoms with Crippen molar-refractivity contribution in [2.75, 3.05) is 14.2 Å². The molecule has 120 valence electrons. The van der Waals surface area contributed by atoms with Gasteiger partial charge >= 0.3 is 5.97 Å². The maximum absolute atomic E-state index is 12.2. The fourth-order valence-corrected chi connectivity index (χ4v) is 2.12. The number of esters is 1. The van der Waals surface area contributed by atoms with E-state index in [1.54, 1.807) is 24.3 Å². The number of oxime groups is 1. The Labute approximate surface area is 137 Å². The van der Waals surface area contributed by atoms with Crippen molar-refractivity contribution in [3.63, 3.8) is 0 Å². The minimum atomic E-state index is -0.587. The summed E-state index contributed by atoms with van der Waals surface area (Å²) < 4.78 is 15.5. The van der Waals surface area contributed by atoms with Crippen molar-refractivity contribution < 1.29 is 24.2 Å². The minimum Gasteiger partial charge on any atom is -0.497 e. The van der Waals surface area contributed by atoms with E-state index < -0.39 is 5.97 Å². The van der Waals surface area contributed by atoms with Gasteiger partial charge in [0, 0.05) is 5.56 Å². The fourth-order valence-electron chi connectivity index (χ4n) is 1.86. The molecular weight excluding hydrogens is 322 g/mol. The quantitative estimate of drug-likeness (QED) is 0.298. The van der Waals surface area contributed by atoms with Crippen LogP contribution in [0.5, 0.6) is 17.2 Å². The second-order valence-electron chi connectivity index (χ2n) is 4.40. The first-order chi connectivity index (χ1) is 11.1. The zero-order valence-corrected chi connectivity index (χ0v) is 13.2. The molecule has 2 rings (SSSR count). The molecule has 0 aliphatic heterocycles. The first kappa shape index (κ1) is 16.6. The molecule has 0 aliphatic carbocycles. The van der Waals surface area contributed by atoms with Gasteiger partial charge in [-0.1, -0.05) is 16.8 Å². The van der Waals surface area contributed by atoms with Gasteiger partial charge in [0.2, 0.25) is 0 Å². The van der Waals surface area contributed by atoms with Gasteiger partial charge in [0.15, 0.2) is 11.5 Å². The third-order valence-electron chi connectivity index (χ3n) is 2.98. The molecule has 0 bridgehead atoms. The van der Waals surface area contributed by atoms with Crippen LogP contribution in [0.4, 0.5) is 0 Å². The first-order valence-corrected chi connectivity index (χ1v) is 6.88. The molecule has 0 atom stereocenters. The molecule has 0 unspecified atom stereocenters. The SMILES string of the molecule is COc1ccc(C(=O)Oc2c(Cl)cc(/C=N\O)cc2OC)cc1. The van der Waals surface area contributed by atoms with Crippen LogP contribution in [0.15, 0.2) is 41.6 Å². The minimum absolute atomic E-state index is 0.0880. The molecule has 0 aliphatic rings. The van der Waals surface area contributed by atoms with Crippen LogP contribution in [-0.4, -0.2) is 31.6 Å². The van der Waals surface area contributed by atoms with Crippen molar-refractivity contribution in [3.8, 4) is 17.2 Å². The molecule has 0 saturated heterocycles. The van der Waals surface area contributed by atoms with E-state index in [0.717, 1.165) is 0 Å². The molecule has 0 spiro atoms. The summed E-state index contributed by atoms with van der Waals surface area (Å²) in [4.78, 5) is 12.2. The molecule has 0 aromatic heterocycles. The van der Waals surface area contributed by atoms with Gasteiger partial charge in [-0.3, -0.25) is 0 Å². The second-order valence-corrected chi connectivity index (χ2v) is 4.80. The lowest BCUT2D eigenvalue weighted by Crippen LogP contribution is -2.10. The second kappa shape index (κ2) is 7.51. The van der Waals surface area contributed by atoms with Crippen LogP contribution in [0, 0.1) is 0 Å². The van der Waals surface area contributed by atoms with E-state index in [-0.39, 0.29) is 16.5 Å². The summed E-state index contributed by atoms with van der Waals surface area (Å²) in [6.07, 6.45) is 1.18. The van der Waals surface area contributed by atoms with Crippen molar-refractivity contribution in [2.45, 2.75) is 0 Å². The summed E-state index contributed by atoms with van der Waals surface area (Å²) in [7, 11) is 2.95. The van der Waals surface area contributed by atoms with Crippen LogP contribution in [0.3, 0.4) is 0 Å². The number of carbonyl (C=O) groups excluding carboxylic acids is 1. The summed E-state index contributed by atoms with van der Waals surface area (Å²) >= 11 is 6.11. The predicted molar refractivity (Wildman–Crippen MR) is 85.3 cm³/mol. The van der Waals surface area contributed by atoms with Crippen LogP contribution in [0.2, 0.25) is 5.02 Å². The Bertz CT molecular complexity index is 728. The summed E-state index contributed by atoms with van der Waals surface area (Å²) in [6, 6.07) is 9.47. The highest BCUT2D eigenvalue weighted by Crippen LogP contribution is 2.36. The van der Waals surface area contributed by atoms with Gasteiger partial charge in [0.25, 0.3) is 0 Å². The van der Waals surface area contributed by atoms with Crippen LogP contribution >= 0.6 is 11.6 Å². The summed E-state index contributed by atoms with van der Waals surface area (Å²) in [6.45, 7) is 0. The highest BCUT2D eigenvalue weighted by atomic mass is 35.5. The zero-order chi connectivity index (χ0) is 16.8. The molecule has 0 fully saturated rings. The Kier molecular flexibility index (Phi) is 5.43. The Morgan fingerprint density at radius 2 is 1.87 bits per heavy atom. The van der Waals surface area contributed by atoms with Crippen molar-refractivity contribution in [2.24, 2.45) is 5.16 Å². The number of halogens is 1. The molecule has 23 heavy (non-hydrogen) atoms. The number of carbonyl (C=O) groups is 1. The third kappa shape index (κ3) is 3.92. The topological polar surface area (TPSA) is 77.4 Å². The standard InChI is InChI=1S/C16H14ClNO5/c1-21-12-5-3-11(4-6-12)16(19)23-15-13(17)7-10(9-18-20)8-14(15)22-2/h3-9,20H,1-2H3/b18-9-. The van der Waals surface area contributed by atoms with Gasteiger partial charge in [-0.15, -0.1) is 0 Å². The molecule has 2 aromatic rings. The predicted octanol–water partition coefficient (Wildman–Crippen LogP) is 3.38. The van der Waals surface area contributed by atoms with E-state index in [0.29, 0.717) is 16.9 Å². The average Bonchev–Trinajstić information content (AvgIpc) is 2.57. The van der Waals surface area contributed by atoms with Gasteiger partial charge in [0.1, 0.15) is 5.75 Å². The molecule has 2 aromatic carbocycles. The largest absolute Gasteiger partial charge is 0.497 e. The third-order valence-corrected chi connectivity index (χ3v) is 3.26. The highest BCUT2D eigenvalue weighted by Gasteiger charge is 2.17. The van der Waals surface area contributed by atoms with Crippen molar-refractivity contribution in [1.29, 1.82) is 0 Å². The van der Waals surface area contributed by atoms with E-state index in [2.05, 4.69) is 5.16 Å². The van der Waals surface area contributed by atoms with Crippen LogP contribution in [0.25, 0.3) is 0 Å². The molecule has 1 N–H and O–H groups in total. The van der Waals surface area contributed by atoms with Crippen molar-refractivity contribution >= 4 is 23.8 Å². The summed E-state index contributed by atoms with van der Waals surface area (Å²) in [5.41, 5.74) is 0.837. The first-order valence-electron chi connectivity index (χ1n) is 6.50. The van der Waals surface area contributed by atoms with Gasteiger partial charge in [-0.2, -0.15) is 0 Å². The van der Waals surface area contributed by atoms with Gasteiger partial charge in [0.05, 0.1) is 31.0 Å². The van der Waals surface area contributed by atoms with Crippen LogP contribution < -0.4 is 14.2 Å². The highest BCUT2D eigenvalue weighted by molar-refractivity contribution is 6.32. The molecule has 0 heterocycles. The smallest absolute Gasteiger partial charge is 0.343 e. The maximum atomic E-state index is 12.2. The molecule has 7 heteroatoms. The van der Waals surface area contributed by atoms with Gasteiger partial charge in [-0.25, -0.2) is 4.79 Å². The number of hydrogen-bond acceptors (Lipinski definition) is 6. The molecule has 0 saturated carbocycles. The van der Waals surface area contributed by atoms with E-state index in [4.69, 9.17) is 31.0 Å². The number of rotatable bonds is 5. The Balaban J connectivity index is 2.29. The summed E-state index contributed by atoms with van der Waals surface area (Å²) in [5.74, 6) is 0.376. The lowest BCUT2D eigenvalue weighted by molar-refractivity contribution is 0.0730. The number of hydrogen-bond donors (Lipinski definition) is 1.